The van der Waals surface area contributed by atoms with Crippen LogP contribution in [0.2, 0.25) is 0 Å². The van der Waals surface area contributed by atoms with Gasteiger partial charge in [-0.2, -0.15) is 0 Å². The summed E-state index contributed by atoms with van der Waals surface area (Å²) < 4.78 is 10.7. The van der Waals surface area contributed by atoms with Crippen LogP contribution in [0.1, 0.15) is 348 Å². The Bertz CT molecular complexity index is 1260. The van der Waals surface area contributed by atoms with Crippen LogP contribution in [0.15, 0.2) is 60.8 Å². The molecule has 0 heterocycles. The molecule has 0 aromatic heterocycles. The van der Waals surface area contributed by atoms with Gasteiger partial charge in [0.2, 0.25) is 0 Å². The van der Waals surface area contributed by atoms with Crippen molar-refractivity contribution in [3.05, 3.63) is 60.8 Å². The van der Waals surface area contributed by atoms with E-state index < -0.39 is 6.10 Å². The van der Waals surface area contributed by atoms with E-state index in [1.165, 1.54) is 257 Å². The smallest absolute Gasteiger partial charge is 0.306 e. The SMILES string of the molecule is CC/C=C\C/C=C\C/C=C\C/C=C\C/C=C\CCCCCCCCCCCCCCCCCCCCCCCCCC(=O)OC(CO)COC(=O)CCCCCCCCCCCCCCCCCCCCCCC. The minimum Gasteiger partial charge on any atom is -0.462 e. The molecule has 1 atom stereocenters. The number of carbonyl (C=O) groups is 2. The third-order valence-electron chi connectivity index (χ3n) is 14.8. The van der Waals surface area contributed by atoms with E-state index in [-0.39, 0.29) is 25.2 Å². The number of unbranched alkanes of at least 4 members (excludes halogenated alkanes) is 43. The minimum atomic E-state index is -0.769. The minimum absolute atomic E-state index is 0.0594. The van der Waals surface area contributed by atoms with Gasteiger partial charge in [-0.25, -0.2) is 0 Å². The summed E-state index contributed by atoms with van der Waals surface area (Å²) in [6.45, 7) is 4.08. The van der Waals surface area contributed by atoms with E-state index in [0.717, 1.165) is 64.2 Å². The Morgan fingerprint density at radius 3 is 0.878 bits per heavy atom. The van der Waals surface area contributed by atoms with Gasteiger partial charge in [0.05, 0.1) is 6.61 Å². The van der Waals surface area contributed by atoms with Gasteiger partial charge in [0.1, 0.15) is 6.61 Å². The summed E-state index contributed by atoms with van der Waals surface area (Å²) in [5.74, 6) is -0.568. The second-order valence-electron chi connectivity index (χ2n) is 22.2. The highest BCUT2D eigenvalue weighted by molar-refractivity contribution is 5.70. The van der Waals surface area contributed by atoms with E-state index in [2.05, 4.69) is 74.6 Å². The van der Waals surface area contributed by atoms with Crippen LogP contribution in [0.4, 0.5) is 0 Å². The van der Waals surface area contributed by atoms with Crippen LogP contribution in [0, 0.1) is 0 Å². The summed E-state index contributed by atoms with van der Waals surface area (Å²) in [7, 11) is 0. The number of hydrogen-bond acceptors (Lipinski definition) is 5. The van der Waals surface area contributed by atoms with Crippen LogP contribution in [0.5, 0.6) is 0 Å². The van der Waals surface area contributed by atoms with Crippen molar-refractivity contribution in [1.82, 2.24) is 0 Å². The molecule has 1 unspecified atom stereocenters. The molecule has 0 rings (SSSR count). The maximum absolute atomic E-state index is 12.3. The fraction of sp³-hybridized carbons (Fsp3) is 0.826. The molecule has 0 fully saturated rings. The number of hydrogen-bond donors (Lipinski definition) is 1. The van der Waals surface area contributed by atoms with Crippen molar-refractivity contribution < 1.29 is 24.2 Å². The molecule has 0 aliphatic rings. The van der Waals surface area contributed by atoms with E-state index in [4.69, 9.17) is 9.47 Å². The molecule has 0 aliphatic carbocycles. The quantitative estimate of drug-likeness (QED) is 0.0373. The average Bonchev–Trinajstić information content (AvgIpc) is 3.40. The highest BCUT2D eigenvalue weighted by atomic mass is 16.6. The lowest BCUT2D eigenvalue weighted by Crippen LogP contribution is -2.28. The molecule has 0 saturated carbocycles. The topological polar surface area (TPSA) is 72.8 Å². The van der Waals surface area contributed by atoms with Crippen molar-refractivity contribution >= 4 is 11.9 Å². The zero-order chi connectivity index (χ0) is 53.4. The fourth-order valence-electron chi connectivity index (χ4n) is 9.94. The van der Waals surface area contributed by atoms with E-state index in [0.29, 0.717) is 12.8 Å². The van der Waals surface area contributed by atoms with Crippen molar-refractivity contribution in [2.24, 2.45) is 0 Å². The van der Waals surface area contributed by atoms with Gasteiger partial charge in [-0.15, -0.1) is 0 Å². The van der Waals surface area contributed by atoms with Crippen molar-refractivity contribution in [3.63, 3.8) is 0 Å². The lowest BCUT2D eigenvalue weighted by molar-refractivity contribution is -0.161. The number of aliphatic hydroxyl groups is 1. The van der Waals surface area contributed by atoms with E-state index in [1.807, 2.05) is 0 Å². The molecule has 0 radical (unpaired) electrons. The summed E-state index contributed by atoms with van der Waals surface area (Å²) in [5, 5.41) is 9.68. The largest absolute Gasteiger partial charge is 0.462 e. The summed E-state index contributed by atoms with van der Waals surface area (Å²) in [6.07, 6.45) is 88.1. The van der Waals surface area contributed by atoms with Gasteiger partial charge in [-0.05, 0) is 57.8 Å². The molecule has 5 nitrogen and oxygen atoms in total. The average molecular weight is 1040 g/mol. The number of allylic oxidation sites excluding steroid dienone is 10. The third-order valence-corrected chi connectivity index (χ3v) is 14.8. The van der Waals surface area contributed by atoms with Crippen molar-refractivity contribution in [2.75, 3.05) is 13.2 Å². The van der Waals surface area contributed by atoms with Crippen LogP contribution in [-0.4, -0.2) is 36.4 Å². The maximum atomic E-state index is 12.3. The fourth-order valence-corrected chi connectivity index (χ4v) is 9.94. The van der Waals surface area contributed by atoms with Gasteiger partial charge in [-0.3, -0.25) is 9.59 Å². The van der Waals surface area contributed by atoms with Crippen molar-refractivity contribution in [3.8, 4) is 0 Å². The monoisotopic (exact) mass is 1030 g/mol. The number of carbonyl (C=O) groups excluding carboxylic acids is 2. The molecule has 0 aliphatic heterocycles. The Kier molecular flexibility index (Phi) is 62.8. The van der Waals surface area contributed by atoms with Crippen molar-refractivity contribution in [2.45, 2.75) is 354 Å². The molecule has 1 N–H and O–H groups in total. The predicted octanol–water partition coefficient (Wildman–Crippen LogP) is 22.5. The zero-order valence-corrected chi connectivity index (χ0v) is 49.6. The molecule has 5 heteroatoms. The Balaban J connectivity index is 3.39. The lowest BCUT2D eigenvalue weighted by Gasteiger charge is -2.15. The first-order valence-corrected chi connectivity index (χ1v) is 32.8. The predicted molar refractivity (Wildman–Crippen MR) is 325 cm³/mol. The Morgan fingerprint density at radius 2 is 0.581 bits per heavy atom. The molecule has 0 aromatic rings. The third kappa shape index (κ3) is 62.1. The Labute approximate surface area is 461 Å². The van der Waals surface area contributed by atoms with Gasteiger partial charge in [0.25, 0.3) is 0 Å². The van der Waals surface area contributed by atoms with Crippen LogP contribution in [0.25, 0.3) is 0 Å². The summed E-state index contributed by atoms with van der Waals surface area (Å²) in [4.78, 5) is 24.6. The number of esters is 2. The van der Waals surface area contributed by atoms with Gasteiger partial charge in [-0.1, -0.05) is 338 Å². The molecular weight excluding hydrogens is 909 g/mol. The van der Waals surface area contributed by atoms with Crippen LogP contribution < -0.4 is 0 Å². The van der Waals surface area contributed by atoms with Crippen LogP contribution in [-0.2, 0) is 19.1 Å². The second kappa shape index (κ2) is 64.9. The van der Waals surface area contributed by atoms with Gasteiger partial charge < -0.3 is 14.6 Å². The van der Waals surface area contributed by atoms with E-state index in [9.17, 15) is 14.7 Å². The van der Waals surface area contributed by atoms with Crippen LogP contribution in [0.3, 0.4) is 0 Å². The first-order valence-electron chi connectivity index (χ1n) is 32.8. The van der Waals surface area contributed by atoms with E-state index >= 15 is 0 Å². The highest BCUT2D eigenvalue weighted by Crippen LogP contribution is 2.18. The van der Waals surface area contributed by atoms with Gasteiger partial charge in [0.15, 0.2) is 6.10 Å². The molecule has 0 aromatic carbocycles. The highest BCUT2D eigenvalue weighted by Gasteiger charge is 2.16. The molecule has 74 heavy (non-hydrogen) atoms. The molecule has 432 valence electrons. The number of ether oxygens (including phenoxy) is 2. The first kappa shape index (κ1) is 71.6. The molecule has 0 spiro atoms. The Hall–Kier alpha value is -2.40. The van der Waals surface area contributed by atoms with Crippen LogP contribution >= 0.6 is 0 Å². The summed E-state index contributed by atoms with van der Waals surface area (Å²) in [6, 6.07) is 0. The van der Waals surface area contributed by atoms with Gasteiger partial charge >= 0.3 is 11.9 Å². The summed E-state index contributed by atoms with van der Waals surface area (Å²) in [5.41, 5.74) is 0. The zero-order valence-electron chi connectivity index (χ0n) is 49.6. The molecule has 0 saturated heterocycles. The first-order chi connectivity index (χ1) is 36.6. The maximum Gasteiger partial charge on any atom is 0.306 e. The molecule has 0 bridgehead atoms. The standard InChI is InChI=1S/C69H126O5/c1-3-5-7-9-11-13-15-17-19-21-23-25-26-27-28-29-30-31-32-33-34-35-36-37-38-39-40-41-42-44-46-48-50-52-54-56-58-60-62-64-69(72)74-67(65-70)66-73-68(71)63-61-59-57-55-53-51-49-47-45-43-24-22-20-18-16-14-12-10-8-6-4-2/h5,7,11,13,17,19,23,25,27-28,67,70H,3-4,6,8-10,12,14-16,18,20-22,24,26,29-66H2,1-2H3/b7-5-,13-11-,19-17-,25-23-,28-27-. The lowest BCUT2D eigenvalue weighted by atomic mass is 10.0. The normalized spacial score (nSPS) is 12.5. The second-order valence-corrected chi connectivity index (χ2v) is 22.2. The van der Waals surface area contributed by atoms with Gasteiger partial charge in [0, 0.05) is 12.8 Å². The molecule has 0 amide bonds. The van der Waals surface area contributed by atoms with E-state index in [1.54, 1.807) is 0 Å². The number of aliphatic hydroxyl groups excluding tert-OH is 1. The Morgan fingerprint density at radius 1 is 0.324 bits per heavy atom. The summed E-state index contributed by atoms with van der Waals surface area (Å²) >= 11 is 0. The molecular formula is C69H126O5. The van der Waals surface area contributed by atoms with Crippen molar-refractivity contribution in [1.29, 1.82) is 0 Å². The number of rotatable bonds is 61.